The molecule has 2 atom stereocenters. The lowest BCUT2D eigenvalue weighted by Gasteiger charge is -2.25. The van der Waals surface area contributed by atoms with E-state index in [0.717, 1.165) is 18.5 Å². The minimum atomic E-state index is 0.758. The van der Waals surface area contributed by atoms with E-state index in [4.69, 9.17) is 0 Å². The maximum absolute atomic E-state index is 4.19. The molecule has 0 N–H and O–H groups in total. The van der Waals surface area contributed by atoms with Crippen molar-refractivity contribution < 1.29 is 0 Å². The van der Waals surface area contributed by atoms with Gasteiger partial charge in [-0.15, -0.1) is 0 Å². The van der Waals surface area contributed by atoms with Gasteiger partial charge in [0.2, 0.25) is 0 Å². The molecule has 0 spiro atoms. The first-order valence-electron chi connectivity index (χ1n) is 8.00. The van der Waals surface area contributed by atoms with Gasteiger partial charge in [0.25, 0.3) is 0 Å². The smallest absolute Gasteiger partial charge is 0.0312 e. The largest absolute Gasteiger partial charge is 0.302 e. The second kappa shape index (κ2) is 7.75. The number of rotatable bonds is 7. The fourth-order valence-corrected chi connectivity index (χ4v) is 3.32. The van der Waals surface area contributed by atoms with Crippen LogP contribution in [0.3, 0.4) is 0 Å². The Kier molecular flexibility index (Phi) is 5.99. The second-order valence-corrected chi connectivity index (χ2v) is 6.35. The van der Waals surface area contributed by atoms with Crippen LogP contribution in [0.1, 0.15) is 38.7 Å². The van der Waals surface area contributed by atoms with Crippen LogP contribution in [-0.4, -0.2) is 47.5 Å². The number of likely N-dealkylation sites (tertiary alicyclic amines) is 1. The van der Waals surface area contributed by atoms with Gasteiger partial charge in [0.1, 0.15) is 0 Å². The van der Waals surface area contributed by atoms with Crippen LogP contribution in [0.15, 0.2) is 24.5 Å². The van der Waals surface area contributed by atoms with Gasteiger partial charge in [0, 0.05) is 38.1 Å². The summed E-state index contributed by atoms with van der Waals surface area (Å²) in [5.41, 5.74) is 1.31. The van der Waals surface area contributed by atoms with Gasteiger partial charge in [-0.1, -0.05) is 19.4 Å². The predicted octanol–water partition coefficient (Wildman–Crippen LogP) is 3.02. The molecule has 0 bridgehead atoms. The average Bonchev–Trinajstić information content (AvgIpc) is 2.88. The molecule has 20 heavy (non-hydrogen) atoms. The number of hydrogen-bond acceptors (Lipinski definition) is 3. The van der Waals surface area contributed by atoms with Crippen molar-refractivity contribution in [3.05, 3.63) is 30.1 Å². The summed E-state index contributed by atoms with van der Waals surface area (Å²) in [6, 6.07) is 4.94. The van der Waals surface area contributed by atoms with Crippen molar-refractivity contribution in [2.75, 3.05) is 26.7 Å². The van der Waals surface area contributed by atoms with E-state index >= 15 is 0 Å². The van der Waals surface area contributed by atoms with Gasteiger partial charge >= 0.3 is 0 Å². The molecule has 1 saturated heterocycles. The highest BCUT2D eigenvalue weighted by atomic mass is 15.2. The summed E-state index contributed by atoms with van der Waals surface area (Å²) in [5.74, 6) is 0.830. The normalized spacial score (nSPS) is 21.5. The third-order valence-electron chi connectivity index (χ3n) is 4.39. The lowest BCUT2D eigenvalue weighted by molar-refractivity contribution is 0.218. The molecule has 0 radical (unpaired) electrons. The first kappa shape index (κ1) is 15.5. The molecule has 3 heteroatoms. The zero-order valence-electron chi connectivity index (χ0n) is 13.3. The average molecular weight is 275 g/mol. The fourth-order valence-electron chi connectivity index (χ4n) is 3.32. The number of hydrogen-bond donors (Lipinski definition) is 0. The van der Waals surface area contributed by atoms with Crippen LogP contribution >= 0.6 is 0 Å². The van der Waals surface area contributed by atoms with Crippen molar-refractivity contribution in [1.82, 2.24) is 14.8 Å². The van der Waals surface area contributed by atoms with E-state index < -0.39 is 0 Å². The van der Waals surface area contributed by atoms with Gasteiger partial charge in [0.05, 0.1) is 0 Å². The van der Waals surface area contributed by atoms with E-state index in [9.17, 15) is 0 Å². The van der Waals surface area contributed by atoms with Gasteiger partial charge in [0.15, 0.2) is 0 Å². The van der Waals surface area contributed by atoms with E-state index in [-0.39, 0.29) is 0 Å². The van der Waals surface area contributed by atoms with Gasteiger partial charge in [-0.25, -0.2) is 0 Å². The van der Waals surface area contributed by atoms with Crippen molar-refractivity contribution in [1.29, 1.82) is 0 Å². The maximum Gasteiger partial charge on any atom is 0.0312 e. The second-order valence-electron chi connectivity index (χ2n) is 6.35. The molecule has 2 heterocycles. The minimum absolute atomic E-state index is 0.758. The summed E-state index contributed by atoms with van der Waals surface area (Å²) in [6.07, 6.45) is 7.79. The van der Waals surface area contributed by atoms with Crippen molar-refractivity contribution in [3.8, 4) is 0 Å². The summed E-state index contributed by atoms with van der Waals surface area (Å²) in [5, 5.41) is 0. The topological polar surface area (TPSA) is 19.4 Å². The van der Waals surface area contributed by atoms with Crippen molar-refractivity contribution in [2.45, 2.75) is 45.7 Å². The third-order valence-corrected chi connectivity index (χ3v) is 4.39. The Bertz CT molecular complexity index is 379. The summed E-state index contributed by atoms with van der Waals surface area (Å²) >= 11 is 0. The molecule has 112 valence electrons. The lowest BCUT2D eigenvalue weighted by Crippen LogP contribution is -2.33. The molecule has 0 amide bonds. The van der Waals surface area contributed by atoms with Gasteiger partial charge in [-0.05, 0) is 50.9 Å². The van der Waals surface area contributed by atoms with E-state index in [1.54, 1.807) is 0 Å². The SMILES string of the molecule is CCC[C@@H](C)N1CC[C@H](CN(C)Cc2cccnc2)C1. The summed E-state index contributed by atoms with van der Waals surface area (Å²) < 4.78 is 0. The molecule has 3 nitrogen and oxygen atoms in total. The van der Waals surface area contributed by atoms with Crippen molar-refractivity contribution >= 4 is 0 Å². The highest BCUT2D eigenvalue weighted by molar-refractivity contribution is 5.07. The highest BCUT2D eigenvalue weighted by Gasteiger charge is 2.26. The van der Waals surface area contributed by atoms with Crippen LogP contribution in [0.25, 0.3) is 0 Å². The standard InChI is InChI=1S/C17H29N3/c1-4-6-15(2)20-10-8-17(14-20)13-19(3)12-16-7-5-9-18-11-16/h5,7,9,11,15,17H,4,6,8,10,12-14H2,1-3H3/t15-,17-/m1/s1. The molecule has 1 aromatic rings. The third kappa shape index (κ3) is 4.57. The number of aromatic nitrogens is 1. The molecule has 0 unspecified atom stereocenters. The monoisotopic (exact) mass is 275 g/mol. The maximum atomic E-state index is 4.19. The van der Waals surface area contributed by atoms with Crippen molar-refractivity contribution in [2.24, 2.45) is 5.92 Å². The Labute approximate surface area is 124 Å². The molecule has 1 fully saturated rings. The Morgan fingerprint density at radius 2 is 2.35 bits per heavy atom. The number of pyridine rings is 1. The van der Waals surface area contributed by atoms with Crippen molar-refractivity contribution in [3.63, 3.8) is 0 Å². The molecular formula is C17H29N3. The Hall–Kier alpha value is -0.930. The van der Waals surface area contributed by atoms with Crippen LogP contribution < -0.4 is 0 Å². The van der Waals surface area contributed by atoms with Gasteiger partial charge in [-0.2, -0.15) is 0 Å². The van der Waals surface area contributed by atoms with E-state index in [1.165, 1.54) is 44.5 Å². The predicted molar refractivity (Wildman–Crippen MR) is 84.6 cm³/mol. The highest BCUT2D eigenvalue weighted by Crippen LogP contribution is 2.21. The molecule has 0 aromatic carbocycles. The summed E-state index contributed by atoms with van der Waals surface area (Å²) in [7, 11) is 2.23. The molecule has 1 aliphatic rings. The molecule has 0 aliphatic carbocycles. The zero-order chi connectivity index (χ0) is 14.4. The van der Waals surface area contributed by atoms with Crippen LogP contribution in [0, 0.1) is 5.92 Å². The molecule has 1 aromatic heterocycles. The van der Waals surface area contributed by atoms with Crippen LogP contribution in [-0.2, 0) is 6.54 Å². The summed E-state index contributed by atoms with van der Waals surface area (Å²) in [4.78, 5) is 9.30. The first-order chi connectivity index (χ1) is 9.69. The zero-order valence-corrected chi connectivity index (χ0v) is 13.3. The Morgan fingerprint density at radius 1 is 1.50 bits per heavy atom. The van der Waals surface area contributed by atoms with Crippen LogP contribution in [0.2, 0.25) is 0 Å². The Morgan fingerprint density at radius 3 is 3.05 bits per heavy atom. The minimum Gasteiger partial charge on any atom is -0.302 e. The fraction of sp³-hybridized carbons (Fsp3) is 0.706. The van der Waals surface area contributed by atoms with Crippen LogP contribution in [0.5, 0.6) is 0 Å². The van der Waals surface area contributed by atoms with E-state index in [0.29, 0.717) is 0 Å². The molecule has 2 rings (SSSR count). The quantitative estimate of drug-likeness (QED) is 0.762. The lowest BCUT2D eigenvalue weighted by atomic mass is 10.1. The van der Waals surface area contributed by atoms with E-state index in [2.05, 4.69) is 41.7 Å². The van der Waals surface area contributed by atoms with Crippen LogP contribution in [0.4, 0.5) is 0 Å². The molecule has 1 aliphatic heterocycles. The molecular weight excluding hydrogens is 246 g/mol. The first-order valence-corrected chi connectivity index (χ1v) is 8.00. The van der Waals surface area contributed by atoms with E-state index in [1.807, 2.05) is 18.5 Å². The Balaban J connectivity index is 1.74. The van der Waals surface area contributed by atoms with Gasteiger partial charge < -0.3 is 9.80 Å². The van der Waals surface area contributed by atoms with Gasteiger partial charge in [-0.3, -0.25) is 4.98 Å². The number of nitrogens with zero attached hydrogens (tertiary/aromatic N) is 3. The molecule has 0 saturated carbocycles. The summed E-state index contributed by atoms with van der Waals surface area (Å²) in [6.45, 7) is 9.43.